The Morgan fingerprint density at radius 1 is 0.434 bits per heavy atom. The molecule has 0 bridgehead atoms. The molecular weight excluding hydrogens is 1860 g/mol. The predicted molar refractivity (Wildman–Crippen MR) is 468 cm³/mol. The number of halogens is 7. The van der Waals surface area contributed by atoms with Gasteiger partial charge in [0.2, 0.25) is 23.8 Å². The quantitative estimate of drug-likeness (QED) is 0.0515. The highest BCUT2D eigenvalue weighted by Crippen LogP contribution is 2.36. The second-order valence-corrected chi connectivity index (χ2v) is 32.0. The zero-order valence-electron chi connectivity index (χ0n) is 67.6. The Morgan fingerprint density at radius 2 is 0.828 bits per heavy atom. The zero-order chi connectivity index (χ0) is 87.1. The number of urea groups is 1. The van der Waals surface area contributed by atoms with Gasteiger partial charge in [-0.15, -0.1) is 0 Å². The van der Waals surface area contributed by atoms with Crippen molar-refractivity contribution < 1.29 is 57.2 Å². The number of fused-ring (bicyclic) bond motifs is 4. The van der Waals surface area contributed by atoms with Crippen LogP contribution in [0, 0.1) is 29.6 Å². The Bertz CT molecular complexity index is 5310. The highest BCUT2D eigenvalue weighted by Gasteiger charge is 2.35. The van der Waals surface area contributed by atoms with Crippen molar-refractivity contribution in [1.82, 2.24) is 87.6 Å². The van der Waals surface area contributed by atoms with E-state index in [1.54, 1.807) is 49.2 Å². The molecule has 0 saturated carbocycles. The minimum atomic E-state index is -0.274. The Balaban J connectivity index is 0.000000146. The van der Waals surface area contributed by atoms with Crippen molar-refractivity contribution >= 4 is 188 Å². The number of likely N-dealkylation sites (tertiary alicyclic amines) is 1. The van der Waals surface area contributed by atoms with Gasteiger partial charge in [-0.2, -0.15) is 0 Å². The van der Waals surface area contributed by atoms with Crippen molar-refractivity contribution in [1.29, 1.82) is 0 Å². The normalized spacial score (nSPS) is 17.6. The fourth-order valence-electron chi connectivity index (χ4n) is 14.6. The van der Waals surface area contributed by atoms with Crippen molar-refractivity contribution in [3.05, 3.63) is 156 Å². The summed E-state index contributed by atoms with van der Waals surface area (Å²) >= 11 is 34.0. The molecule has 10 aromatic heterocycles. The van der Waals surface area contributed by atoms with Gasteiger partial charge >= 0.3 is 35.9 Å². The summed E-state index contributed by atoms with van der Waals surface area (Å²) in [5, 5.41) is 7.61. The molecule has 0 spiro atoms. The lowest BCUT2D eigenvalue weighted by molar-refractivity contribution is -0.147. The number of piperidine rings is 5. The molecule has 5 saturated heterocycles. The number of imidazole rings is 4. The Morgan fingerprint density at radius 3 is 1.30 bits per heavy atom. The molecule has 5 aliphatic rings. The molecule has 5 atom stereocenters. The van der Waals surface area contributed by atoms with E-state index in [0.29, 0.717) is 98.8 Å². The topological polar surface area (TPSA) is 422 Å². The highest BCUT2D eigenvalue weighted by atomic mass is 79.9. The summed E-state index contributed by atoms with van der Waals surface area (Å²) in [6, 6.07) is 7.66. The van der Waals surface area contributed by atoms with E-state index in [4.69, 9.17) is 91.3 Å². The number of nitrogen functional groups attached to an aromatic ring is 1. The van der Waals surface area contributed by atoms with Gasteiger partial charge in [0.05, 0.1) is 96.4 Å². The van der Waals surface area contributed by atoms with Crippen LogP contribution in [0.25, 0.3) is 22.1 Å². The average Bonchev–Trinajstić information content (AvgIpc) is 1.64. The van der Waals surface area contributed by atoms with Crippen LogP contribution in [-0.4, -0.2) is 226 Å². The van der Waals surface area contributed by atoms with Crippen molar-refractivity contribution in [3.8, 4) is 5.75 Å². The summed E-state index contributed by atoms with van der Waals surface area (Å²) in [4.78, 5) is 131. The molecule has 5 unspecified atom stereocenters. The molecule has 1 aromatic carbocycles. The second kappa shape index (κ2) is 44.6. The molecule has 0 aliphatic carbocycles. The van der Waals surface area contributed by atoms with Crippen LogP contribution in [-0.2, 0) is 67.3 Å². The van der Waals surface area contributed by atoms with Gasteiger partial charge in [-0.3, -0.25) is 51.5 Å². The van der Waals surface area contributed by atoms with Crippen molar-refractivity contribution in [2.45, 2.75) is 83.8 Å². The molecule has 44 heteroatoms. The minimum absolute atomic E-state index is 0.0987. The smallest absolute Gasteiger partial charge is 0.317 e. The number of aromatic nitrogens is 16. The molecule has 2 amide bonds. The van der Waals surface area contributed by atoms with Gasteiger partial charge in [0.25, 0.3) is 0 Å². The van der Waals surface area contributed by atoms with Crippen LogP contribution in [0.2, 0.25) is 20.6 Å². The van der Waals surface area contributed by atoms with Gasteiger partial charge in [0, 0.05) is 153 Å². The van der Waals surface area contributed by atoms with Crippen LogP contribution in [0.15, 0.2) is 119 Å². The lowest BCUT2D eigenvalue weighted by Crippen LogP contribution is -2.47. The number of ether oxygens (including phenoxy) is 6. The van der Waals surface area contributed by atoms with Crippen LogP contribution in [0.1, 0.15) is 81.2 Å². The Hall–Kier alpha value is -10.4. The fourth-order valence-corrected chi connectivity index (χ4v) is 17.1. The van der Waals surface area contributed by atoms with Gasteiger partial charge in [-0.25, -0.2) is 54.6 Å². The SMILES string of the molecule is COC(=O)C1CCCN(C(=O)NCc2nccnc2Cl)C1.COC(=O)C1CCCN(c2nc(Br)c3c(Cl)nccn23)C1.COC(=O)C1CCCN(c2nc(Br)c3c(N)nccn23)C1.COC(=O)C1CCCN(c2nc(Br)c3c(NCc4ccc(OC)cc4)nccn23)C1.COC(=O)C1CCCN(c2ncc3c(Cl)nccn23)C1.NCc1nccnc1Cl. The summed E-state index contributed by atoms with van der Waals surface area (Å²) in [5.74, 6) is 3.44. The molecule has 16 rings (SSSR count). The van der Waals surface area contributed by atoms with Gasteiger partial charge in [-0.1, -0.05) is 58.5 Å². The van der Waals surface area contributed by atoms with E-state index >= 15 is 0 Å². The largest absolute Gasteiger partial charge is 0.497 e. The van der Waals surface area contributed by atoms with E-state index in [2.05, 4.69) is 133 Å². The molecule has 122 heavy (non-hydrogen) atoms. The third-order valence-electron chi connectivity index (χ3n) is 20.7. The lowest BCUT2D eigenvalue weighted by atomic mass is 9.98. The number of hydrogen-bond donors (Lipinski definition) is 4. The molecule has 5 fully saturated rings. The van der Waals surface area contributed by atoms with Crippen LogP contribution in [0.3, 0.4) is 0 Å². The summed E-state index contributed by atoms with van der Waals surface area (Å²) < 4.78 is 39.1. The van der Waals surface area contributed by atoms with Gasteiger partial charge in [0.15, 0.2) is 32.2 Å². The number of amides is 2. The highest BCUT2D eigenvalue weighted by molar-refractivity contribution is 9.11. The number of carbonyl (C=O) groups is 6. The summed E-state index contributed by atoms with van der Waals surface area (Å²) in [6.07, 6.45) is 30.4. The first-order valence-electron chi connectivity index (χ1n) is 38.9. The first-order valence-corrected chi connectivity index (χ1v) is 42.7. The van der Waals surface area contributed by atoms with Gasteiger partial charge in [0.1, 0.15) is 41.6 Å². The monoisotopic (exact) mass is 1950 g/mol. The molecule has 5 aliphatic heterocycles. The van der Waals surface area contributed by atoms with Crippen LogP contribution in [0.4, 0.5) is 40.2 Å². The van der Waals surface area contributed by atoms with Gasteiger partial charge < -0.3 is 75.0 Å². The first kappa shape index (κ1) is 92.4. The Labute approximate surface area is 747 Å². The molecule has 0 radical (unpaired) electrons. The maximum absolute atomic E-state index is 12.1. The molecule has 15 heterocycles. The molecular formula is C78H92Br3Cl4N25O12. The Kier molecular flexibility index (Phi) is 33.8. The summed E-state index contributed by atoms with van der Waals surface area (Å²) in [6.45, 7) is 7.96. The van der Waals surface area contributed by atoms with Crippen molar-refractivity contribution in [2.24, 2.45) is 35.3 Å². The van der Waals surface area contributed by atoms with E-state index < -0.39 is 0 Å². The van der Waals surface area contributed by atoms with Crippen LogP contribution < -0.4 is 46.4 Å². The van der Waals surface area contributed by atoms with Gasteiger partial charge in [-0.05, 0) is 130 Å². The number of nitrogens with two attached hydrogens (primary N) is 2. The van der Waals surface area contributed by atoms with Crippen LogP contribution >= 0.6 is 94.2 Å². The minimum Gasteiger partial charge on any atom is -0.497 e. The number of methoxy groups -OCH3 is 6. The second-order valence-electron chi connectivity index (χ2n) is 28.3. The number of carbonyl (C=O) groups excluding carboxylic acids is 6. The number of nitrogens with zero attached hydrogens (tertiary/aromatic N) is 21. The molecule has 650 valence electrons. The number of hydrogen-bond acceptors (Lipinski definition) is 31. The third kappa shape index (κ3) is 23.1. The number of rotatable bonds is 16. The number of benzene rings is 1. The average molecular weight is 1950 g/mol. The zero-order valence-corrected chi connectivity index (χ0v) is 75.3. The number of anilines is 6. The summed E-state index contributed by atoms with van der Waals surface area (Å²) in [5.41, 5.74) is 16.5. The molecule has 37 nitrogen and oxygen atoms in total. The van der Waals surface area contributed by atoms with Crippen LogP contribution in [0.5, 0.6) is 5.75 Å². The van der Waals surface area contributed by atoms with E-state index in [1.165, 1.54) is 54.1 Å². The number of esters is 5. The summed E-state index contributed by atoms with van der Waals surface area (Å²) in [7, 11) is 8.73. The maximum Gasteiger partial charge on any atom is 0.317 e. The van der Waals surface area contributed by atoms with E-state index in [-0.39, 0.29) is 77.2 Å². The maximum atomic E-state index is 12.1. The first-order chi connectivity index (χ1) is 59.0. The van der Waals surface area contributed by atoms with E-state index in [9.17, 15) is 28.8 Å². The third-order valence-corrected chi connectivity index (χ3v) is 23.6. The standard InChI is InChI=1S/C21H24BrN5O3.C13H14BrClN4O2.C13H16BrN5O2.C13H17ClN4O3.C13H15ClN4O2.C5H6ClN3/c1-29-16-7-5-14(6-8-16)12-24-19-17-18(22)25-21(27(17)11-9-23-19)26-10-3-4-15(13-26)20(28)30-2;2*1-21-12(20)8-3-2-5-18(7-8)13-17-10(14)9-11(15)16-4-6-19(9)13;1-21-12(19)9-3-2-6-18(8-9)13(20)17-7-10-11(14)16-5-4-15-10;1-20-12(19)9-3-2-5-17(8-9)13-16-7-10-11(14)15-4-6-18(10)13;6-5-4(3-7)8-1-2-9-5/h5-9,11,15H,3-4,10,12-13H2,1-2H3,(H,23,24);4,6,8H,2-3,5,7H2,1H3;4,6,8H,2-3,5,7H2,1H3,(H2,15,16);4-5,9H,2-3,6-8H2,1H3,(H,17,20);4,6-7,9H,2-3,5,8H2,1H3;1-2H,3,7H2. The predicted octanol–water partition coefficient (Wildman–Crippen LogP) is 11.1. The van der Waals surface area contributed by atoms with Crippen molar-refractivity contribution in [2.75, 3.05) is 139 Å². The molecule has 6 N–H and O–H groups in total. The molecule has 11 aromatic rings. The fraction of sp³-hybridized carbons (Fsp3) is 0.436. The van der Waals surface area contributed by atoms with Crippen molar-refractivity contribution in [3.63, 3.8) is 0 Å². The van der Waals surface area contributed by atoms with E-state index in [0.717, 1.165) is 153 Å². The van der Waals surface area contributed by atoms with E-state index in [1.807, 2.05) is 66.7 Å². The lowest BCUT2D eigenvalue weighted by Gasteiger charge is -2.31. The number of nitrogens with one attached hydrogen (secondary N) is 2.